The molecule has 1 aliphatic heterocycles. The number of ether oxygens (including phenoxy) is 2. The smallest absolute Gasteiger partial charge is 0.352 e. The third-order valence-electron chi connectivity index (χ3n) is 9.13. The van der Waals surface area contributed by atoms with Gasteiger partial charge in [0.15, 0.2) is 0 Å². The summed E-state index contributed by atoms with van der Waals surface area (Å²) in [4.78, 5) is 62.8. The van der Waals surface area contributed by atoms with Gasteiger partial charge in [-0.05, 0) is 97.6 Å². The number of allylic oxidation sites excluding steroid dienone is 2. The Morgan fingerprint density at radius 1 is 0.780 bits per heavy atom. The van der Waals surface area contributed by atoms with E-state index in [1.165, 1.54) is 14.2 Å². The van der Waals surface area contributed by atoms with Crippen molar-refractivity contribution in [3.05, 3.63) is 84.9 Å². The molecule has 0 aromatic carbocycles. The van der Waals surface area contributed by atoms with Crippen molar-refractivity contribution in [1.29, 1.82) is 0 Å². The van der Waals surface area contributed by atoms with Crippen molar-refractivity contribution in [2.24, 2.45) is 4.99 Å². The molecule has 0 bridgehead atoms. The second-order valence-corrected chi connectivity index (χ2v) is 12.8. The number of nitrogens with one attached hydrogen (secondary N) is 3. The Morgan fingerprint density at radius 2 is 1.38 bits per heavy atom. The van der Waals surface area contributed by atoms with Crippen LogP contribution in [0.15, 0.2) is 27.9 Å². The maximum Gasteiger partial charge on any atom is 0.352 e. The molecule has 0 unspecified atom stereocenters. The van der Waals surface area contributed by atoms with E-state index in [0.717, 1.165) is 39.2 Å². The number of carboxylic acid groups (broad SMARTS) is 2. The summed E-state index contributed by atoms with van der Waals surface area (Å²) < 4.78 is 9.79. The lowest BCUT2D eigenvalue weighted by atomic mass is 9.97. The van der Waals surface area contributed by atoms with Gasteiger partial charge in [0.25, 0.3) is 0 Å². The number of H-pyrrole nitrogens is 3. The van der Waals surface area contributed by atoms with Gasteiger partial charge in [0.2, 0.25) is 0 Å². The van der Waals surface area contributed by atoms with Crippen LogP contribution in [0.5, 0.6) is 0 Å². The van der Waals surface area contributed by atoms with Crippen molar-refractivity contribution < 1.29 is 38.9 Å². The number of aromatic amines is 3. The molecule has 0 saturated carbocycles. The molecule has 268 valence electrons. The lowest BCUT2D eigenvalue weighted by molar-refractivity contribution is -0.141. The highest BCUT2D eigenvalue weighted by Crippen LogP contribution is 2.34. The second kappa shape index (κ2) is 16.9. The van der Waals surface area contributed by atoms with Crippen LogP contribution in [0.2, 0.25) is 0 Å². The first kappa shape index (κ1) is 38.3. The van der Waals surface area contributed by atoms with E-state index in [4.69, 9.17) is 37.7 Å². The summed E-state index contributed by atoms with van der Waals surface area (Å²) in [5, 5.41) is 19.5. The number of methoxy groups -OCH3 is 2. The Labute approximate surface area is 300 Å². The molecule has 0 radical (unpaired) electrons. The topological polar surface area (TPSA) is 187 Å². The van der Waals surface area contributed by atoms with E-state index in [0.29, 0.717) is 78.3 Å². The quantitative estimate of drug-likeness (QED) is 0.0797. The van der Waals surface area contributed by atoms with E-state index in [2.05, 4.69) is 15.0 Å². The molecule has 0 aliphatic carbocycles. The Morgan fingerprint density at radius 3 is 1.98 bits per heavy atom. The molecule has 3 aromatic rings. The Bertz CT molecular complexity index is 1890. The fraction of sp³-hybridized carbons (Fsp3) is 0.417. The zero-order valence-corrected chi connectivity index (χ0v) is 30.3. The number of rotatable bonds is 17. The summed E-state index contributed by atoms with van der Waals surface area (Å²) >= 11 is 12.1. The molecule has 14 heteroatoms. The van der Waals surface area contributed by atoms with Crippen LogP contribution in [0.3, 0.4) is 0 Å². The number of alkyl halides is 2. The number of hydrogen-bond acceptors (Lipinski definition) is 7. The molecule has 0 saturated heterocycles. The van der Waals surface area contributed by atoms with Crippen LogP contribution in [0.25, 0.3) is 6.08 Å². The number of carbonyl (C=O) groups is 4. The lowest BCUT2D eigenvalue weighted by Gasteiger charge is -2.07. The average Bonchev–Trinajstić information content (AvgIpc) is 3.79. The minimum Gasteiger partial charge on any atom is -0.477 e. The first-order chi connectivity index (χ1) is 23.8. The fourth-order valence-electron chi connectivity index (χ4n) is 6.39. The number of carbonyl (C=O) groups excluding carboxylic acids is 2. The summed E-state index contributed by atoms with van der Waals surface area (Å²) in [7, 11) is 2.67. The summed E-state index contributed by atoms with van der Waals surface area (Å²) in [6.07, 6.45) is 4.43. The SMILES string of the molecule is COC(=O)CCC1=C(C)C(Cc2[nH]c(C(=O)O)c(C)c2CCCl)=NC1=Cc1[nH]c(Cc2[nH]c(C(=O)O)c(CCCl)c2C)cc1CCC(=O)OC. The number of hydrogen-bond donors (Lipinski definition) is 5. The average molecular weight is 730 g/mol. The lowest BCUT2D eigenvalue weighted by Crippen LogP contribution is -2.07. The minimum absolute atomic E-state index is 0.110. The highest BCUT2D eigenvalue weighted by Gasteiger charge is 2.26. The summed E-state index contributed by atoms with van der Waals surface area (Å²) in [5.74, 6) is -2.26. The number of halogens is 2. The van der Waals surface area contributed by atoms with Gasteiger partial charge in [-0.2, -0.15) is 0 Å². The van der Waals surface area contributed by atoms with E-state index in [9.17, 15) is 29.4 Å². The number of esters is 2. The number of aryl methyl sites for hydroxylation is 1. The van der Waals surface area contributed by atoms with Gasteiger partial charge < -0.3 is 34.6 Å². The van der Waals surface area contributed by atoms with Gasteiger partial charge in [-0.25, -0.2) is 9.59 Å². The highest BCUT2D eigenvalue weighted by molar-refractivity contribution is 6.18. The van der Waals surface area contributed by atoms with Crippen LogP contribution in [0, 0.1) is 13.8 Å². The molecule has 0 atom stereocenters. The van der Waals surface area contributed by atoms with Gasteiger partial charge in [-0.1, -0.05) is 0 Å². The van der Waals surface area contributed by atoms with E-state index >= 15 is 0 Å². The maximum atomic E-state index is 12.2. The van der Waals surface area contributed by atoms with Gasteiger partial charge in [0.1, 0.15) is 11.4 Å². The number of aromatic carboxylic acids is 2. The van der Waals surface area contributed by atoms with Crippen LogP contribution in [0.1, 0.15) is 97.8 Å². The first-order valence-electron chi connectivity index (χ1n) is 16.2. The maximum absolute atomic E-state index is 12.2. The number of carboxylic acids is 2. The van der Waals surface area contributed by atoms with Crippen LogP contribution < -0.4 is 0 Å². The zero-order valence-electron chi connectivity index (χ0n) is 28.8. The van der Waals surface area contributed by atoms with Crippen LogP contribution >= 0.6 is 23.2 Å². The Hall–Kier alpha value is -4.55. The molecular weight excluding hydrogens is 687 g/mol. The van der Waals surface area contributed by atoms with Gasteiger partial charge in [-0.3, -0.25) is 14.6 Å². The molecular formula is C36H42Cl2N4O8. The van der Waals surface area contributed by atoms with Crippen molar-refractivity contribution in [3.63, 3.8) is 0 Å². The third kappa shape index (κ3) is 8.59. The van der Waals surface area contributed by atoms with Gasteiger partial charge in [0, 0.05) is 60.2 Å². The van der Waals surface area contributed by atoms with Crippen molar-refractivity contribution >= 4 is 58.9 Å². The molecule has 3 aromatic heterocycles. The second-order valence-electron chi connectivity index (χ2n) is 12.1. The van der Waals surface area contributed by atoms with Crippen molar-refractivity contribution in [2.45, 2.75) is 72.1 Å². The van der Waals surface area contributed by atoms with Gasteiger partial charge >= 0.3 is 23.9 Å². The van der Waals surface area contributed by atoms with Crippen molar-refractivity contribution in [3.8, 4) is 0 Å². The van der Waals surface area contributed by atoms with Gasteiger partial charge in [0.05, 0.1) is 25.6 Å². The van der Waals surface area contributed by atoms with Crippen LogP contribution in [-0.2, 0) is 51.2 Å². The summed E-state index contributed by atoms with van der Waals surface area (Å²) in [5.41, 5.74) is 9.93. The Balaban J connectivity index is 1.79. The molecule has 0 spiro atoms. The summed E-state index contributed by atoms with van der Waals surface area (Å²) in [6.45, 7) is 5.54. The van der Waals surface area contributed by atoms with Gasteiger partial charge in [-0.15, -0.1) is 23.2 Å². The molecule has 5 N–H and O–H groups in total. The molecule has 4 rings (SSSR count). The molecule has 4 heterocycles. The number of aromatic nitrogens is 3. The third-order valence-corrected chi connectivity index (χ3v) is 9.51. The molecule has 0 amide bonds. The molecule has 12 nitrogen and oxygen atoms in total. The van der Waals surface area contributed by atoms with Crippen LogP contribution in [0.4, 0.5) is 0 Å². The monoisotopic (exact) mass is 728 g/mol. The van der Waals surface area contributed by atoms with Crippen molar-refractivity contribution in [2.75, 3.05) is 26.0 Å². The minimum atomic E-state index is -1.06. The zero-order chi connectivity index (χ0) is 36.7. The predicted octanol–water partition coefficient (Wildman–Crippen LogP) is 6.25. The van der Waals surface area contributed by atoms with E-state index < -0.39 is 11.9 Å². The highest BCUT2D eigenvalue weighted by atomic mass is 35.5. The molecule has 0 fully saturated rings. The van der Waals surface area contributed by atoms with E-state index in [1.54, 1.807) is 6.92 Å². The number of nitrogens with zero attached hydrogens (tertiary/aromatic N) is 1. The fourth-order valence-corrected chi connectivity index (χ4v) is 6.77. The number of aliphatic imine (C=N–C) groups is 1. The standard InChI is InChI=1S/C36H42Cl2N4O8/c1-18-23(7-9-32(44)50-5)29(40-27(18)16-30-24(10-12-37)20(3)33(42-30)35(45)46)17-28-21(6-8-31(43)49-4)14-22(39-28)15-26-19(2)25(11-13-38)34(41-26)36(47)48/h14,17,39,41-42H,6-13,15-16H2,1-5H3,(H,45,46)(H,47,48). The van der Waals surface area contributed by atoms with E-state index in [1.807, 2.05) is 26.0 Å². The summed E-state index contributed by atoms with van der Waals surface area (Å²) in [6, 6.07) is 1.94. The first-order valence-corrected chi connectivity index (χ1v) is 17.2. The normalized spacial score (nSPS) is 13.7. The van der Waals surface area contributed by atoms with Crippen molar-refractivity contribution in [1.82, 2.24) is 15.0 Å². The Kier molecular flexibility index (Phi) is 12.9. The predicted molar refractivity (Wildman–Crippen MR) is 191 cm³/mol. The van der Waals surface area contributed by atoms with Crippen LogP contribution in [-0.4, -0.2) is 80.7 Å². The molecule has 50 heavy (non-hydrogen) atoms. The largest absolute Gasteiger partial charge is 0.477 e. The molecule has 1 aliphatic rings. The van der Waals surface area contributed by atoms with E-state index in [-0.39, 0.29) is 42.0 Å².